The molecule has 2 aromatic rings. The maximum absolute atomic E-state index is 12.7. The highest BCUT2D eigenvalue weighted by Gasteiger charge is 2.42. The zero-order valence-corrected chi connectivity index (χ0v) is 19.6. The topological polar surface area (TPSA) is 96.4 Å². The van der Waals surface area contributed by atoms with Gasteiger partial charge in [0, 0.05) is 30.0 Å². The Morgan fingerprint density at radius 1 is 1.23 bits per heavy atom. The molecule has 2 aliphatic rings. The molecule has 0 bridgehead atoms. The Labute approximate surface area is 186 Å². The van der Waals surface area contributed by atoms with Crippen molar-refractivity contribution in [2.24, 2.45) is 5.92 Å². The third-order valence-electron chi connectivity index (χ3n) is 5.96. The summed E-state index contributed by atoms with van der Waals surface area (Å²) in [6.45, 7) is 6.76. The van der Waals surface area contributed by atoms with E-state index >= 15 is 0 Å². The molecule has 0 aliphatic carbocycles. The number of anilines is 1. The zero-order valence-electron chi connectivity index (χ0n) is 17.9. The Morgan fingerprint density at radius 3 is 2.55 bits per heavy atom. The second-order valence-corrected chi connectivity index (χ2v) is 12.4. The number of carbonyl (C=O) groups is 2. The van der Waals surface area contributed by atoms with Gasteiger partial charge in [-0.1, -0.05) is 45.0 Å². The number of likely N-dealkylation sites (tertiary alicyclic amines) is 1. The largest absolute Gasteiger partial charge is 0.338 e. The third-order valence-corrected chi connectivity index (χ3v) is 8.47. The van der Waals surface area contributed by atoms with Crippen molar-refractivity contribution in [2.45, 2.75) is 45.1 Å². The first-order valence-electron chi connectivity index (χ1n) is 10.4. The molecule has 0 spiro atoms. The number of rotatable bonds is 4. The lowest BCUT2D eigenvalue weighted by molar-refractivity contribution is -0.129. The second-order valence-electron chi connectivity index (χ2n) is 9.36. The Balaban J connectivity index is 1.39. The van der Waals surface area contributed by atoms with Crippen molar-refractivity contribution in [3.05, 3.63) is 35.2 Å². The molecule has 7 nitrogen and oxygen atoms in total. The minimum atomic E-state index is -3.08. The Hall–Kier alpha value is -2.26. The number of sulfone groups is 1. The normalized spacial score (nSPS) is 23.3. The van der Waals surface area contributed by atoms with Gasteiger partial charge in [-0.2, -0.15) is 0 Å². The Kier molecular flexibility index (Phi) is 5.68. The number of amides is 2. The average molecular weight is 462 g/mol. The molecule has 2 saturated heterocycles. The van der Waals surface area contributed by atoms with Crippen LogP contribution in [0.15, 0.2) is 29.6 Å². The highest BCUT2D eigenvalue weighted by atomic mass is 32.2. The Bertz CT molecular complexity index is 1100. The van der Waals surface area contributed by atoms with Gasteiger partial charge in [-0.3, -0.25) is 9.59 Å². The highest BCUT2D eigenvalue weighted by Crippen LogP contribution is 2.30. The molecule has 3 heterocycles. The quantitative estimate of drug-likeness (QED) is 0.755. The van der Waals surface area contributed by atoms with Crippen molar-refractivity contribution in [3.8, 4) is 11.3 Å². The molecule has 2 fully saturated rings. The van der Waals surface area contributed by atoms with Gasteiger partial charge in [-0.25, -0.2) is 13.4 Å². The van der Waals surface area contributed by atoms with Crippen LogP contribution in [0.4, 0.5) is 5.13 Å². The van der Waals surface area contributed by atoms with Crippen LogP contribution in [0.3, 0.4) is 0 Å². The van der Waals surface area contributed by atoms with Crippen molar-refractivity contribution in [2.75, 3.05) is 23.4 Å². The van der Waals surface area contributed by atoms with Crippen LogP contribution in [-0.2, 0) is 24.8 Å². The van der Waals surface area contributed by atoms with Gasteiger partial charge in [0.2, 0.25) is 11.8 Å². The molecule has 4 rings (SSSR count). The molecule has 1 aromatic carbocycles. The number of hydrogen-bond acceptors (Lipinski definition) is 6. The molecule has 1 aromatic heterocycles. The van der Waals surface area contributed by atoms with E-state index in [1.165, 1.54) is 16.9 Å². The molecule has 9 heteroatoms. The van der Waals surface area contributed by atoms with E-state index in [4.69, 9.17) is 0 Å². The van der Waals surface area contributed by atoms with Gasteiger partial charge in [0.15, 0.2) is 15.0 Å². The number of nitrogens with zero attached hydrogens (tertiary/aromatic N) is 2. The molecule has 2 atom stereocenters. The van der Waals surface area contributed by atoms with Crippen LogP contribution < -0.4 is 5.32 Å². The fourth-order valence-electron chi connectivity index (χ4n) is 4.09. The van der Waals surface area contributed by atoms with Crippen molar-refractivity contribution >= 4 is 38.1 Å². The predicted molar refractivity (Wildman–Crippen MR) is 122 cm³/mol. The lowest BCUT2D eigenvalue weighted by atomic mass is 9.86. The van der Waals surface area contributed by atoms with Crippen LogP contribution in [-0.4, -0.2) is 54.2 Å². The fourth-order valence-corrected chi connectivity index (χ4v) is 6.55. The summed E-state index contributed by atoms with van der Waals surface area (Å²) < 4.78 is 23.4. The van der Waals surface area contributed by atoms with Crippen molar-refractivity contribution in [1.82, 2.24) is 9.88 Å². The maximum atomic E-state index is 12.7. The van der Waals surface area contributed by atoms with Crippen LogP contribution in [0, 0.1) is 5.92 Å². The standard InChI is InChI=1S/C22H27N3O4S2/c1-22(2,3)16-6-4-14(5-7-16)18-12-30-21(23-18)24-20(27)15-10-19(26)25(11-15)17-8-9-31(28,29)13-17/h4-7,12,15,17H,8-11,13H2,1-3H3,(H,23,24,27). The molecular weight excluding hydrogens is 434 g/mol. The van der Waals surface area contributed by atoms with Gasteiger partial charge in [0.05, 0.1) is 23.1 Å². The molecule has 1 N–H and O–H groups in total. The SMILES string of the molecule is CC(C)(C)c1ccc(-c2csc(NC(=O)C3CC(=O)N(C4CCS(=O)(=O)C4)C3)n2)cc1. The fraction of sp³-hybridized carbons (Fsp3) is 0.500. The number of nitrogens with one attached hydrogen (secondary N) is 1. The van der Waals surface area contributed by atoms with E-state index in [2.05, 4.69) is 43.2 Å². The molecule has 166 valence electrons. The van der Waals surface area contributed by atoms with E-state index in [0.29, 0.717) is 11.6 Å². The minimum absolute atomic E-state index is 0.00305. The van der Waals surface area contributed by atoms with E-state index < -0.39 is 15.8 Å². The van der Waals surface area contributed by atoms with Crippen LogP contribution in [0.25, 0.3) is 11.3 Å². The number of hydrogen-bond donors (Lipinski definition) is 1. The van der Waals surface area contributed by atoms with Crippen LogP contribution in [0.2, 0.25) is 0 Å². The van der Waals surface area contributed by atoms with Gasteiger partial charge >= 0.3 is 0 Å². The highest BCUT2D eigenvalue weighted by molar-refractivity contribution is 7.91. The van der Waals surface area contributed by atoms with E-state index in [-0.39, 0.29) is 47.7 Å². The molecule has 2 unspecified atom stereocenters. The molecule has 31 heavy (non-hydrogen) atoms. The molecule has 2 amide bonds. The van der Waals surface area contributed by atoms with Crippen molar-refractivity contribution in [1.29, 1.82) is 0 Å². The van der Waals surface area contributed by atoms with Gasteiger partial charge in [0.1, 0.15) is 0 Å². The van der Waals surface area contributed by atoms with Gasteiger partial charge in [-0.15, -0.1) is 11.3 Å². The lowest BCUT2D eigenvalue weighted by Crippen LogP contribution is -2.38. The summed E-state index contributed by atoms with van der Waals surface area (Å²) in [6, 6.07) is 7.94. The molecule has 0 radical (unpaired) electrons. The first-order valence-corrected chi connectivity index (χ1v) is 13.1. The second kappa shape index (κ2) is 8.02. The van der Waals surface area contributed by atoms with Crippen molar-refractivity contribution < 1.29 is 18.0 Å². The summed E-state index contributed by atoms with van der Waals surface area (Å²) in [5.74, 6) is -0.788. The first kappa shape index (κ1) is 22.0. The van der Waals surface area contributed by atoms with Gasteiger partial charge in [-0.05, 0) is 17.4 Å². The average Bonchev–Trinajstić information content (AvgIpc) is 3.39. The van der Waals surface area contributed by atoms with Gasteiger partial charge in [0.25, 0.3) is 0 Å². The summed E-state index contributed by atoms with van der Waals surface area (Å²) in [7, 11) is -3.08. The molecule has 0 saturated carbocycles. The monoisotopic (exact) mass is 461 g/mol. The lowest BCUT2D eigenvalue weighted by Gasteiger charge is -2.22. The van der Waals surface area contributed by atoms with Gasteiger partial charge < -0.3 is 10.2 Å². The summed E-state index contributed by atoms with van der Waals surface area (Å²) in [5.41, 5.74) is 3.09. The predicted octanol–water partition coefficient (Wildman–Crippen LogP) is 3.08. The Morgan fingerprint density at radius 2 is 1.94 bits per heavy atom. The minimum Gasteiger partial charge on any atom is -0.338 e. The van der Waals surface area contributed by atoms with Crippen LogP contribution >= 0.6 is 11.3 Å². The van der Waals surface area contributed by atoms with Crippen molar-refractivity contribution in [3.63, 3.8) is 0 Å². The molecular formula is C22H27N3O4S2. The molecule has 2 aliphatic heterocycles. The summed E-state index contributed by atoms with van der Waals surface area (Å²) >= 11 is 1.35. The van der Waals surface area contributed by atoms with Crippen LogP contribution in [0.5, 0.6) is 0 Å². The van der Waals surface area contributed by atoms with E-state index in [9.17, 15) is 18.0 Å². The summed E-state index contributed by atoms with van der Waals surface area (Å²) in [4.78, 5) is 31.2. The summed E-state index contributed by atoms with van der Waals surface area (Å²) in [6.07, 6.45) is 0.557. The van der Waals surface area contributed by atoms with E-state index in [0.717, 1.165) is 11.3 Å². The number of thiazole rings is 1. The number of benzene rings is 1. The van der Waals surface area contributed by atoms with Crippen LogP contribution in [0.1, 0.15) is 39.2 Å². The third kappa shape index (κ3) is 4.82. The maximum Gasteiger partial charge on any atom is 0.231 e. The number of carbonyl (C=O) groups excluding carboxylic acids is 2. The van der Waals surface area contributed by atoms with E-state index in [1.54, 1.807) is 4.90 Å². The number of aromatic nitrogens is 1. The zero-order chi connectivity index (χ0) is 22.4. The smallest absolute Gasteiger partial charge is 0.231 e. The first-order chi connectivity index (χ1) is 14.5. The van der Waals surface area contributed by atoms with E-state index in [1.807, 2.05) is 17.5 Å². The summed E-state index contributed by atoms with van der Waals surface area (Å²) in [5, 5.41) is 5.22.